The average Bonchev–Trinajstić information content (AvgIpc) is 2.97. The highest BCUT2D eigenvalue weighted by atomic mass is 32.2. The van der Waals surface area contributed by atoms with E-state index in [-0.39, 0.29) is 0 Å². The van der Waals surface area contributed by atoms with E-state index in [1.165, 1.54) is 43.7 Å². The van der Waals surface area contributed by atoms with Crippen LogP contribution in [0.4, 0.5) is 0 Å². The fourth-order valence-electron chi connectivity index (χ4n) is 1.82. The molecule has 1 nitrogen and oxygen atoms in total. The van der Waals surface area contributed by atoms with Crippen molar-refractivity contribution >= 4 is 23.5 Å². The van der Waals surface area contributed by atoms with Gasteiger partial charge in [-0.05, 0) is 37.7 Å². The first-order valence-corrected chi connectivity index (χ1v) is 7.59. The van der Waals surface area contributed by atoms with Gasteiger partial charge in [-0.2, -0.15) is 23.5 Å². The van der Waals surface area contributed by atoms with Gasteiger partial charge in [0.05, 0.1) is 0 Å². The van der Waals surface area contributed by atoms with Gasteiger partial charge in [0.25, 0.3) is 0 Å². The van der Waals surface area contributed by atoms with Crippen molar-refractivity contribution in [3.8, 4) is 0 Å². The summed E-state index contributed by atoms with van der Waals surface area (Å²) in [4.78, 5) is 0. The van der Waals surface area contributed by atoms with Crippen LogP contribution in [0.2, 0.25) is 0 Å². The summed E-state index contributed by atoms with van der Waals surface area (Å²) in [6.07, 6.45) is 7.93. The van der Waals surface area contributed by atoms with E-state index in [0.717, 1.165) is 6.04 Å². The highest BCUT2D eigenvalue weighted by Gasteiger charge is 2.41. The quantitative estimate of drug-likeness (QED) is 0.776. The number of hydrogen-bond acceptors (Lipinski definition) is 3. The normalized spacial score (nSPS) is 31.6. The summed E-state index contributed by atoms with van der Waals surface area (Å²) >= 11 is 4.17. The SMILES string of the molecule is CSC1(CNC2CCCSC2)CC1. The Labute approximate surface area is 89.8 Å². The van der Waals surface area contributed by atoms with Crippen LogP contribution in [0.15, 0.2) is 0 Å². The van der Waals surface area contributed by atoms with Crippen molar-refractivity contribution < 1.29 is 0 Å². The summed E-state index contributed by atoms with van der Waals surface area (Å²) in [7, 11) is 0. The molecule has 0 bridgehead atoms. The minimum Gasteiger partial charge on any atom is -0.312 e. The third kappa shape index (κ3) is 2.80. The Balaban J connectivity index is 1.66. The Morgan fingerprint density at radius 3 is 2.92 bits per heavy atom. The van der Waals surface area contributed by atoms with Gasteiger partial charge in [0.15, 0.2) is 0 Å². The molecule has 1 aliphatic carbocycles. The van der Waals surface area contributed by atoms with E-state index in [9.17, 15) is 0 Å². The molecule has 1 saturated carbocycles. The van der Waals surface area contributed by atoms with Crippen LogP contribution in [0, 0.1) is 0 Å². The second-order valence-corrected chi connectivity index (χ2v) is 6.61. The highest BCUT2D eigenvalue weighted by Crippen LogP contribution is 2.46. The molecule has 2 rings (SSSR count). The molecule has 13 heavy (non-hydrogen) atoms. The summed E-state index contributed by atoms with van der Waals surface area (Å²) < 4.78 is 0.641. The fraction of sp³-hybridized carbons (Fsp3) is 1.00. The molecule has 0 radical (unpaired) electrons. The molecule has 0 spiro atoms. The molecular formula is C10H19NS2. The lowest BCUT2D eigenvalue weighted by Crippen LogP contribution is -2.38. The van der Waals surface area contributed by atoms with E-state index in [2.05, 4.69) is 35.1 Å². The summed E-state index contributed by atoms with van der Waals surface area (Å²) in [5.74, 6) is 2.72. The van der Waals surface area contributed by atoms with Crippen molar-refractivity contribution in [3.05, 3.63) is 0 Å². The molecule has 0 aromatic carbocycles. The molecule has 1 saturated heterocycles. The van der Waals surface area contributed by atoms with E-state index >= 15 is 0 Å². The molecule has 1 N–H and O–H groups in total. The number of rotatable bonds is 4. The van der Waals surface area contributed by atoms with Crippen molar-refractivity contribution in [3.63, 3.8) is 0 Å². The van der Waals surface area contributed by atoms with Crippen molar-refractivity contribution in [2.75, 3.05) is 24.3 Å². The molecule has 3 heteroatoms. The Hall–Kier alpha value is 0.660. The van der Waals surface area contributed by atoms with Crippen LogP contribution in [-0.4, -0.2) is 35.1 Å². The van der Waals surface area contributed by atoms with Crippen LogP contribution in [0.1, 0.15) is 25.7 Å². The number of hydrogen-bond donors (Lipinski definition) is 1. The smallest absolute Gasteiger partial charge is 0.0282 e. The van der Waals surface area contributed by atoms with Gasteiger partial charge in [-0.1, -0.05) is 0 Å². The van der Waals surface area contributed by atoms with E-state index in [1.807, 2.05) is 0 Å². The fourth-order valence-corrected chi connectivity index (χ4v) is 3.67. The molecule has 0 aromatic heterocycles. The van der Waals surface area contributed by atoms with Crippen molar-refractivity contribution in [2.24, 2.45) is 0 Å². The maximum absolute atomic E-state index is 3.73. The van der Waals surface area contributed by atoms with E-state index in [0.29, 0.717) is 4.75 Å². The molecule has 0 amide bonds. The average molecular weight is 217 g/mol. The predicted octanol–water partition coefficient (Wildman–Crippen LogP) is 2.37. The molecule has 2 aliphatic rings. The Morgan fingerprint density at radius 1 is 1.54 bits per heavy atom. The molecule has 1 aliphatic heterocycles. The summed E-state index contributed by atoms with van der Waals surface area (Å²) in [6.45, 7) is 1.25. The molecule has 1 heterocycles. The van der Waals surface area contributed by atoms with Gasteiger partial charge in [-0.25, -0.2) is 0 Å². The summed E-state index contributed by atoms with van der Waals surface area (Å²) in [5, 5.41) is 3.73. The molecule has 1 atom stereocenters. The van der Waals surface area contributed by atoms with Crippen molar-refractivity contribution in [2.45, 2.75) is 36.5 Å². The van der Waals surface area contributed by atoms with Crippen LogP contribution in [0.25, 0.3) is 0 Å². The molecule has 76 valence electrons. The van der Waals surface area contributed by atoms with Gasteiger partial charge in [0.2, 0.25) is 0 Å². The second-order valence-electron chi connectivity index (χ2n) is 4.18. The van der Waals surface area contributed by atoms with Crippen LogP contribution in [-0.2, 0) is 0 Å². The Bertz CT molecular complexity index is 162. The van der Waals surface area contributed by atoms with Crippen molar-refractivity contribution in [1.82, 2.24) is 5.32 Å². The minimum absolute atomic E-state index is 0.641. The van der Waals surface area contributed by atoms with Crippen LogP contribution < -0.4 is 5.32 Å². The number of thioether (sulfide) groups is 2. The first-order chi connectivity index (χ1) is 6.35. The summed E-state index contributed by atoms with van der Waals surface area (Å²) in [6, 6.07) is 0.809. The first-order valence-electron chi connectivity index (χ1n) is 5.21. The standard InChI is InChI=1S/C10H19NS2/c1-12-10(4-5-10)8-11-9-3-2-6-13-7-9/h9,11H,2-8H2,1H3. The van der Waals surface area contributed by atoms with Crippen LogP contribution in [0.5, 0.6) is 0 Å². The van der Waals surface area contributed by atoms with E-state index in [4.69, 9.17) is 0 Å². The monoisotopic (exact) mass is 217 g/mol. The Morgan fingerprint density at radius 2 is 2.38 bits per heavy atom. The zero-order chi connectivity index (χ0) is 9.15. The molecule has 2 fully saturated rings. The number of nitrogens with one attached hydrogen (secondary N) is 1. The lowest BCUT2D eigenvalue weighted by molar-refractivity contribution is 0.503. The van der Waals surface area contributed by atoms with Gasteiger partial charge in [0.1, 0.15) is 0 Å². The van der Waals surface area contributed by atoms with Gasteiger partial charge in [-0.15, -0.1) is 0 Å². The minimum atomic E-state index is 0.641. The third-order valence-electron chi connectivity index (χ3n) is 3.11. The zero-order valence-electron chi connectivity index (χ0n) is 8.34. The van der Waals surface area contributed by atoms with E-state index in [1.54, 1.807) is 0 Å². The molecular weight excluding hydrogens is 198 g/mol. The first kappa shape index (κ1) is 10.2. The second kappa shape index (κ2) is 4.45. The topological polar surface area (TPSA) is 12.0 Å². The van der Waals surface area contributed by atoms with Crippen molar-refractivity contribution in [1.29, 1.82) is 0 Å². The Kier molecular flexibility index (Phi) is 3.49. The predicted molar refractivity (Wildman–Crippen MR) is 63.8 cm³/mol. The van der Waals surface area contributed by atoms with Gasteiger partial charge in [-0.3, -0.25) is 0 Å². The third-order valence-corrected chi connectivity index (χ3v) is 5.75. The molecule has 1 unspecified atom stereocenters. The van der Waals surface area contributed by atoms with Gasteiger partial charge < -0.3 is 5.32 Å². The van der Waals surface area contributed by atoms with Crippen LogP contribution >= 0.6 is 23.5 Å². The largest absolute Gasteiger partial charge is 0.312 e. The van der Waals surface area contributed by atoms with E-state index < -0.39 is 0 Å². The maximum Gasteiger partial charge on any atom is 0.0282 e. The maximum atomic E-state index is 3.73. The summed E-state index contributed by atoms with van der Waals surface area (Å²) in [5.41, 5.74) is 0. The van der Waals surface area contributed by atoms with Crippen LogP contribution in [0.3, 0.4) is 0 Å². The molecule has 0 aromatic rings. The van der Waals surface area contributed by atoms with Gasteiger partial charge >= 0.3 is 0 Å². The van der Waals surface area contributed by atoms with Gasteiger partial charge in [0, 0.05) is 23.1 Å². The highest BCUT2D eigenvalue weighted by molar-refractivity contribution is 8.00. The lowest BCUT2D eigenvalue weighted by atomic mass is 10.2. The zero-order valence-corrected chi connectivity index (χ0v) is 9.98. The lowest BCUT2D eigenvalue weighted by Gasteiger charge is -2.24.